The molecule has 0 aromatic carbocycles. The van der Waals surface area contributed by atoms with E-state index >= 15 is 0 Å². The molecule has 0 radical (unpaired) electrons. The second-order valence-electron chi connectivity index (χ2n) is 5.05. The largest absolute Gasteiger partial charge is 0.480 e. The first-order chi connectivity index (χ1) is 7.16. The van der Waals surface area contributed by atoms with Gasteiger partial charge >= 0.3 is 12.0 Å². The van der Waals surface area contributed by atoms with Gasteiger partial charge in [-0.05, 0) is 11.3 Å². The molecule has 0 spiro atoms. The van der Waals surface area contributed by atoms with Crippen LogP contribution in [0, 0.1) is 11.3 Å². The molecular weight excluding hydrogens is 208 g/mol. The van der Waals surface area contributed by atoms with Crippen LogP contribution >= 0.6 is 0 Å². The van der Waals surface area contributed by atoms with Gasteiger partial charge in [-0.3, -0.25) is 4.79 Å². The molecule has 0 aromatic rings. The first-order valence-corrected chi connectivity index (χ1v) is 5.37. The number of hydrogen-bond donors (Lipinski definition) is 2. The average molecular weight is 230 g/mol. The molecule has 0 aliphatic carbocycles. The molecule has 0 bridgehead atoms. The van der Waals surface area contributed by atoms with Gasteiger partial charge in [-0.15, -0.1) is 0 Å². The van der Waals surface area contributed by atoms with Gasteiger partial charge in [-0.1, -0.05) is 27.7 Å². The normalized spacial score (nSPS) is 11.4. The fourth-order valence-electron chi connectivity index (χ4n) is 0.917. The van der Waals surface area contributed by atoms with Crippen molar-refractivity contribution in [3.8, 4) is 0 Å². The van der Waals surface area contributed by atoms with E-state index in [9.17, 15) is 9.59 Å². The third kappa shape index (κ3) is 5.00. The van der Waals surface area contributed by atoms with Gasteiger partial charge in [0.15, 0.2) is 0 Å². The van der Waals surface area contributed by atoms with Crippen molar-refractivity contribution < 1.29 is 14.7 Å². The van der Waals surface area contributed by atoms with Crippen LogP contribution in [0.3, 0.4) is 0 Å². The minimum atomic E-state index is -1.01. The van der Waals surface area contributed by atoms with Crippen LogP contribution in [0.15, 0.2) is 0 Å². The molecule has 0 atom stereocenters. The van der Waals surface area contributed by atoms with Crippen LogP contribution in [-0.2, 0) is 4.79 Å². The lowest BCUT2D eigenvalue weighted by Gasteiger charge is -2.30. The van der Waals surface area contributed by atoms with Gasteiger partial charge in [0.2, 0.25) is 0 Å². The maximum atomic E-state index is 11.5. The Balaban J connectivity index is 4.12. The van der Waals surface area contributed by atoms with Gasteiger partial charge < -0.3 is 15.3 Å². The number of carboxylic acid groups (broad SMARTS) is 1. The molecule has 16 heavy (non-hydrogen) atoms. The zero-order valence-electron chi connectivity index (χ0n) is 10.7. The van der Waals surface area contributed by atoms with Crippen molar-refractivity contribution in [2.45, 2.75) is 27.7 Å². The predicted octanol–water partition coefficient (Wildman–Crippen LogP) is 1.39. The molecule has 0 unspecified atom stereocenters. The standard InChI is InChI=1S/C11H22N2O3/c1-8(2)11(3,4)7-12-10(16)13(5)6-9(14)15/h8H,6-7H2,1-5H3,(H,12,16)(H,14,15). The number of urea groups is 1. The van der Waals surface area contributed by atoms with Crippen LogP contribution in [0.2, 0.25) is 0 Å². The van der Waals surface area contributed by atoms with Crippen molar-refractivity contribution in [1.82, 2.24) is 10.2 Å². The number of carboxylic acids is 1. The third-order valence-corrected chi connectivity index (χ3v) is 2.98. The van der Waals surface area contributed by atoms with E-state index in [2.05, 4.69) is 33.0 Å². The van der Waals surface area contributed by atoms with E-state index in [1.807, 2.05) is 0 Å². The second-order valence-corrected chi connectivity index (χ2v) is 5.05. The molecule has 0 rings (SSSR count). The van der Waals surface area contributed by atoms with Gasteiger partial charge in [-0.2, -0.15) is 0 Å². The summed E-state index contributed by atoms with van der Waals surface area (Å²) in [5.41, 5.74) is -0.000274. The van der Waals surface area contributed by atoms with E-state index in [0.29, 0.717) is 12.5 Å². The molecule has 2 amide bonds. The van der Waals surface area contributed by atoms with Gasteiger partial charge in [0.25, 0.3) is 0 Å². The molecule has 94 valence electrons. The third-order valence-electron chi connectivity index (χ3n) is 2.98. The maximum Gasteiger partial charge on any atom is 0.323 e. The Bertz CT molecular complexity index is 262. The van der Waals surface area contributed by atoms with Gasteiger partial charge in [0, 0.05) is 13.6 Å². The van der Waals surface area contributed by atoms with Crippen molar-refractivity contribution in [1.29, 1.82) is 0 Å². The molecular formula is C11H22N2O3. The lowest BCUT2D eigenvalue weighted by Crippen LogP contribution is -2.44. The minimum absolute atomic E-state index is 0.000274. The van der Waals surface area contributed by atoms with E-state index in [4.69, 9.17) is 5.11 Å². The molecule has 0 fully saturated rings. The summed E-state index contributed by atoms with van der Waals surface area (Å²) in [7, 11) is 1.46. The molecule has 2 N–H and O–H groups in total. The van der Waals surface area contributed by atoms with E-state index in [1.165, 1.54) is 7.05 Å². The Morgan fingerprint density at radius 1 is 1.38 bits per heavy atom. The average Bonchev–Trinajstić information content (AvgIpc) is 2.12. The molecule has 5 heteroatoms. The highest BCUT2D eigenvalue weighted by atomic mass is 16.4. The van der Waals surface area contributed by atoms with Gasteiger partial charge in [0.05, 0.1) is 0 Å². The number of rotatable bonds is 5. The number of nitrogens with zero attached hydrogens (tertiary/aromatic N) is 1. The summed E-state index contributed by atoms with van der Waals surface area (Å²) in [6, 6.07) is -0.351. The Hall–Kier alpha value is -1.26. The summed E-state index contributed by atoms with van der Waals surface area (Å²) in [5, 5.41) is 11.3. The molecule has 0 aromatic heterocycles. The first-order valence-electron chi connectivity index (χ1n) is 5.37. The quantitative estimate of drug-likeness (QED) is 0.750. The van der Waals surface area contributed by atoms with Crippen LogP contribution in [-0.4, -0.2) is 42.1 Å². The Labute approximate surface area is 96.8 Å². The zero-order valence-corrected chi connectivity index (χ0v) is 10.7. The molecule has 0 heterocycles. The van der Waals surface area contributed by atoms with Gasteiger partial charge in [0.1, 0.15) is 6.54 Å². The number of nitrogens with one attached hydrogen (secondary N) is 1. The highest BCUT2D eigenvalue weighted by Gasteiger charge is 2.23. The van der Waals surface area contributed by atoms with E-state index in [0.717, 1.165) is 4.90 Å². The van der Waals surface area contributed by atoms with E-state index in [1.54, 1.807) is 0 Å². The number of amides is 2. The van der Waals surface area contributed by atoms with Crippen LogP contribution < -0.4 is 5.32 Å². The number of carbonyl (C=O) groups excluding carboxylic acids is 1. The van der Waals surface area contributed by atoms with E-state index < -0.39 is 5.97 Å². The maximum absolute atomic E-state index is 11.5. The monoisotopic (exact) mass is 230 g/mol. The fraction of sp³-hybridized carbons (Fsp3) is 0.818. The van der Waals surface area contributed by atoms with Crippen molar-refractivity contribution in [2.75, 3.05) is 20.1 Å². The smallest absolute Gasteiger partial charge is 0.323 e. The summed E-state index contributed by atoms with van der Waals surface area (Å²) in [6.45, 7) is 8.56. The Morgan fingerprint density at radius 3 is 2.25 bits per heavy atom. The first kappa shape index (κ1) is 14.7. The van der Waals surface area contributed by atoms with Crippen LogP contribution in [0.5, 0.6) is 0 Å². The van der Waals surface area contributed by atoms with Crippen LogP contribution in [0.25, 0.3) is 0 Å². The molecule has 0 saturated carbocycles. The topological polar surface area (TPSA) is 69.6 Å². The summed E-state index contributed by atoms with van der Waals surface area (Å²) < 4.78 is 0. The minimum Gasteiger partial charge on any atom is -0.480 e. The number of hydrogen-bond acceptors (Lipinski definition) is 2. The van der Waals surface area contributed by atoms with Crippen molar-refractivity contribution in [2.24, 2.45) is 11.3 Å². The molecule has 5 nitrogen and oxygen atoms in total. The summed E-state index contributed by atoms with van der Waals surface area (Å²) in [6.07, 6.45) is 0. The summed E-state index contributed by atoms with van der Waals surface area (Å²) in [4.78, 5) is 23.1. The summed E-state index contributed by atoms with van der Waals surface area (Å²) >= 11 is 0. The molecule has 0 saturated heterocycles. The predicted molar refractivity (Wildman–Crippen MR) is 62.3 cm³/mol. The molecule has 0 aliphatic rings. The van der Waals surface area contributed by atoms with Crippen molar-refractivity contribution in [3.05, 3.63) is 0 Å². The van der Waals surface area contributed by atoms with Gasteiger partial charge in [-0.25, -0.2) is 4.79 Å². The number of likely N-dealkylation sites (N-methyl/N-ethyl adjacent to an activating group) is 1. The number of aliphatic carboxylic acids is 1. The lowest BCUT2D eigenvalue weighted by atomic mass is 9.81. The van der Waals surface area contributed by atoms with Crippen molar-refractivity contribution >= 4 is 12.0 Å². The SMILES string of the molecule is CC(C)C(C)(C)CNC(=O)N(C)CC(=O)O. The number of carbonyl (C=O) groups is 2. The highest BCUT2D eigenvalue weighted by molar-refractivity contribution is 5.79. The van der Waals surface area contributed by atoms with Crippen LogP contribution in [0.1, 0.15) is 27.7 Å². The zero-order chi connectivity index (χ0) is 12.9. The Kier molecular flexibility index (Phi) is 5.27. The van der Waals surface area contributed by atoms with Crippen molar-refractivity contribution in [3.63, 3.8) is 0 Å². The lowest BCUT2D eigenvalue weighted by molar-refractivity contribution is -0.137. The second kappa shape index (κ2) is 5.72. The Morgan fingerprint density at radius 2 is 1.88 bits per heavy atom. The molecule has 0 aliphatic heterocycles. The van der Waals surface area contributed by atoms with E-state index in [-0.39, 0.29) is 18.0 Å². The van der Waals surface area contributed by atoms with Crippen LogP contribution in [0.4, 0.5) is 4.79 Å². The summed E-state index contributed by atoms with van der Waals surface area (Å²) in [5.74, 6) is -0.571. The fourth-order valence-corrected chi connectivity index (χ4v) is 0.917. The highest BCUT2D eigenvalue weighted by Crippen LogP contribution is 2.24.